The minimum atomic E-state index is -0.652. The van der Waals surface area contributed by atoms with Crippen LogP contribution in [0.3, 0.4) is 0 Å². The Morgan fingerprint density at radius 3 is 2.71 bits per heavy atom. The Morgan fingerprint density at radius 2 is 1.92 bits per heavy atom. The second-order valence-electron chi connectivity index (χ2n) is 4.72. The first kappa shape index (κ1) is 15.8. The molecular formula is C16H11ClN4O3. The average Bonchev–Trinajstić information content (AvgIpc) is 2.61. The second-order valence-corrected chi connectivity index (χ2v) is 5.15. The molecule has 0 radical (unpaired) electrons. The summed E-state index contributed by atoms with van der Waals surface area (Å²) in [7, 11) is 0. The molecule has 7 nitrogen and oxygen atoms in total. The van der Waals surface area contributed by atoms with E-state index >= 15 is 0 Å². The van der Waals surface area contributed by atoms with Gasteiger partial charge in [-0.3, -0.25) is 14.8 Å². The Balaban J connectivity index is 1.64. The SMILES string of the molecule is O=C(COC(=O)c1cccc2nccnc12)Nc1ccc(Cl)cn1. The van der Waals surface area contributed by atoms with Gasteiger partial charge in [0.25, 0.3) is 5.91 Å². The molecule has 0 aliphatic carbocycles. The fraction of sp³-hybridized carbons (Fsp3) is 0.0625. The van der Waals surface area contributed by atoms with Crippen molar-refractivity contribution < 1.29 is 14.3 Å². The Hall–Kier alpha value is -3.06. The first-order valence-electron chi connectivity index (χ1n) is 6.92. The Bertz CT molecular complexity index is 894. The molecule has 2 heterocycles. The van der Waals surface area contributed by atoms with Crippen molar-refractivity contribution in [3.63, 3.8) is 0 Å². The van der Waals surface area contributed by atoms with E-state index in [4.69, 9.17) is 16.3 Å². The maximum absolute atomic E-state index is 12.2. The second kappa shape index (κ2) is 7.01. The molecule has 0 spiro atoms. The van der Waals surface area contributed by atoms with Crippen molar-refractivity contribution >= 4 is 40.3 Å². The van der Waals surface area contributed by atoms with Crippen LogP contribution in [0, 0.1) is 0 Å². The van der Waals surface area contributed by atoms with Crippen LogP contribution in [-0.2, 0) is 9.53 Å². The van der Waals surface area contributed by atoms with Gasteiger partial charge in [-0.25, -0.2) is 9.78 Å². The standard InChI is InChI=1S/C16H11ClN4O3/c17-10-4-5-13(20-8-10)21-14(22)9-24-16(23)11-2-1-3-12-15(11)19-7-6-18-12/h1-8H,9H2,(H,20,21,22). The number of nitrogens with zero attached hydrogens (tertiary/aromatic N) is 3. The number of para-hydroxylation sites is 1. The van der Waals surface area contributed by atoms with E-state index in [2.05, 4.69) is 20.3 Å². The number of hydrogen-bond donors (Lipinski definition) is 1. The maximum atomic E-state index is 12.2. The lowest BCUT2D eigenvalue weighted by molar-refractivity contribution is -0.119. The summed E-state index contributed by atoms with van der Waals surface area (Å²) in [4.78, 5) is 36.1. The van der Waals surface area contributed by atoms with Gasteiger partial charge in [-0.1, -0.05) is 17.7 Å². The zero-order chi connectivity index (χ0) is 16.9. The van der Waals surface area contributed by atoms with Gasteiger partial charge in [0.05, 0.1) is 16.1 Å². The molecule has 24 heavy (non-hydrogen) atoms. The number of esters is 1. The number of aromatic nitrogens is 3. The van der Waals surface area contributed by atoms with E-state index in [9.17, 15) is 9.59 Å². The number of hydrogen-bond acceptors (Lipinski definition) is 6. The molecule has 0 fully saturated rings. The van der Waals surface area contributed by atoms with Gasteiger partial charge in [-0.05, 0) is 24.3 Å². The van der Waals surface area contributed by atoms with Crippen molar-refractivity contribution in [3.05, 3.63) is 59.5 Å². The van der Waals surface area contributed by atoms with E-state index in [0.29, 0.717) is 21.9 Å². The summed E-state index contributed by atoms with van der Waals surface area (Å²) in [6.45, 7) is -0.445. The molecule has 0 saturated carbocycles. The van der Waals surface area contributed by atoms with Gasteiger partial charge >= 0.3 is 5.97 Å². The third-order valence-electron chi connectivity index (χ3n) is 3.05. The molecule has 0 aliphatic rings. The molecule has 0 aliphatic heterocycles. The Morgan fingerprint density at radius 1 is 1.08 bits per heavy atom. The van der Waals surface area contributed by atoms with Crippen LogP contribution in [-0.4, -0.2) is 33.4 Å². The molecule has 3 rings (SSSR count). The van der Waals surface area contributed by atoms with Crippen LogP contribution in [0.4, 0.5) is 5.82 Å². The summed E-state index contributed by atoms with van der Waals surface area (Å²) in [6, 6.07) is 8.11. The van der Waals surface area contributed by atoms with Gasteiger partial charge in [0, 0.05) is 18.6 Å². The number of amides is 1. The average molecular weight is 343 g/mol. The van der Waals surface area contributed by atoms with E-state index in [-0.39, 0.29) is 5.56 Å². The van der Waals surface area contributed by atoms with E-state index in [0.717, 1.165) is 0 Å². The smallest absolute Gasteiger partial charge is 0.340 e. The number of benzene rings is 1. The van der Waals surface area contributed by atoms with Crippen LogP contribution in [0.25, 0.3) is 11.0 Å². The number of anilines is 1. The highest BCUT2D eigenvalue weighted by Gasteiger charge is 2.14. The molecule has 1 amide bonds. The van der Waals surface area contributed by atoms with Gasteiger partial charge in [-0.15, -0.1) is 0 Å². The fourth-order valence-electron chi connectivity index (χ4n) is 1.99. The number of halogens is 1. The Labute approximate surface area is 141 Å². The minimum Gasteiger partial charge on any atom is -0.452 e. The summed E-state index contributed by atoms with van der Waals surface area (Å²) in [5, 5.41) is 2.95. The predicted octanol–water partition coefficient (Wildman–Crippen LogP) is 2.47. The highest BCUT2D eigenvalue weighted by Crippen LogP contribution is 2.15. The highest BCUT2D eigenvalue weighted by molar-refractivity contribution is 6.30. The van der Waals surface area contributed by atoms with E-state index in [1.807, 2.05) is 0 Å². The molecule has 2 aromatic heterocycles. The first-order chi connectivity index (χ1) is 11.6. The van der Waals surface area contributed by atoms with Gasteiger partial charge in [0.2, 0.25) is 0 Å². The molecule has 0 bridgehead atoms. The van der Waals surface area contributed by atoms with Crippen LogP contribution in [0.15, 0.2) is 48.9 Å². The monoisotopic (exact) mass is 342 g/mol. The normalized spacial score (nSPS) is 10.4. The number of fused-ring (bicyclic) bond motifs is 1. The van der Waals surface area contributed by atoms with Crippen molar-refractivity contribution in [2.75, 3.05) is 11.9 Å². The van der Waals surface area contributed by atoms with E-state index in [1.165, 1.54) is 18.6 Å². The number of nitrogens with one attached hydrogen (secondary N) is 1. The van der Waals surface area contributed by atoms with Crippen molar-refractivity contribution in [2.45, 2.75) is 0 Å². The highest BCUT2D eigenvalue weighted by atomic mass is 35.5. The quantitative estimate of drug-likeness (QED) is 0.732. The van der Waals surface area contributed by atoms with Crippen LogP contribution >= 0.6 is 11.6 Å². The van der Waals surface area contributed by atoms with Gasteiger partial charge in [0.1, 0.15) is 11.3 Å². The van der Waals surface area contributed by atoms with Crippen molar-refractivity contribution in [2.24, 2.45) is 0 Å². The third-order valence-corrected chi connectivity index (χ3v) is 3.27. The molecule has 8 heteroatoms. The van der Waals surface area contributed by atoms with Gasteiger partial charge in [-0.2, -0.15) is 0 Å². The van der Waals surface area contributed by atoms with Crippen LogP contribution in [0.5, 0.6) is 0 Å². The molecule has 0 unspecified atom stereocenters. The summed E-state index contributed by atoms with van der Waals surface area (Å²) >= 11 is 5.71. The molecule has 1 aromatic carbocycles. The molecule has 120 valence electrons. The zero-order valence-electron chi connectivity index (χ0n) is 12.3. The predicted molar refractivity (Wildman–Crippen MR) is 87.7 cm³/mol. The lowest BCUT2D eigenvalue weighted by Gasteiger charge is -2.07. The molecule has 3 aromatic rings. The number of ether oxygens (including phenoxy) is 1. The number of rotatable bonds is 4. The van der Waals surface area contributed by atoms with Gasteiger partial charge < -0.3 is 10.1 Å². The van der Waals surface area contributed by atoms with Crippen molar-refractivity contribution in [3.8, 4) is 0 Å². The summed E-state index contributed by atoms with van der Waals surface area (Å²) < 4.78 is 5.02. The lowest BCUT2D eigenvalue weighted by atomic mass is 10.2. The summed E-state index contributed by atoms with van der Waals surface area (Å²) in [5.41, 5.74) is 1.24. The third kappa shape index (κ3) is 3.64. The topological polar surface area (TPSA) is 94.1 Å². The largest absolute Gasteiger partial charge is 0.452 e. The zero-order valence-corrected chi connectivity index (χ0v) is 13.0. The number of pyridine rings is 1. The molecule has 0 atom stereocenters. The molecular weight excluding hydrogens is 332 g/mol. The van der Waals surface area contributed by atoms with E-state index < -0.39 is 18.5 Å². The lowest BCUT2D eigenvalue weighted by Crippen LogP contribution is -2.21. The fourth-order valence-corrected chi connectivity index (χ4v) is 2.11. The first-order valence-corrected chi connectivity index (χ1v) is 7.29. The number of carbonyl (C=O) groups is 2. The van der Waals surface area contributed by atoms with Gasteiger partial charge in [0.15, 0.2) is 6.61 Å². The van der Waals surface area contributed by atoms with Crippen LogP contribution in [0.2, 0.25) is 5.02 Å². The van der Waals surface area contributed by atoms with Crippen molar-refractivity contribution in [1.29, 1.82) is 0 Å². The van der Waals surface area contributed by atoms with Crippen LogP contribution < -0.4 is 5.32 Å². The maximum Gasteiger partial charge on any atom is 0.340 e. The minimum absolute atomic E-state index is 0.248. The Kier molecular flexibility index (Phi) is 4.62. The van der Waals surface area contributed by atoms with Crippen molar-refractivity contribution in [1.82, 2.24) is 15.0 Å². The van der Waals surface area contributed by atoms with E-state index in [1.54, 1.807) is 30.3 Å². The number of carbonyl (C=O) groups excluding carboxylic acids is 2. The molecule has 0 saturated heterocycles. The summed E-state index contributed by atoms with van der Waals surface area (Å²) in [6.07, 6.45) is 4.42. The molecule has 1 N–H and O–H groups in total. The van der Waals surface area contributed by atoms with Crippen LogP contribution in [0.1, 0.15) is 10.4 Å². The summed E-state index contributed by atoms with van der Waals surface area (Å²) in [5.74, 6) is -0.846.